The lowest BCUT2D eigenvalue weighted by atomic mass is 10.4. The minimum absolute atomic E-state index is 0.120. The highest BCUT2D eigenvalue weighted by molar-refractivity contribution is 7.89. The molecule has 0 unspecified atom stereocenters. The normalized spacial score (nSPS) is 11.8. The van der Waals surface area contributed by atoms with Crippen LogP contribution in [0, 0.1) is 13.8 Å². The van der Waals surface area contributed by atoms with Crippen molar-refractivity contribution in [2.24, 2.45) is 7.05 Å². The summed E-state index contributed by atoms with van der Waals surface area (Å²) in [6, 6.07) is 2.68. The number of hydrogen-bond donors (Lipinski definition) is 2. The summed E-state index contributed by atoms with van der Waals surface area (Å²) in [6.45, 7) is 3.13. The van der Waals surface area contributed by atoms with Crippen molar-refractivity contribution in [3.05, 3.63) is 35.0 Å². The van der Waals surface area contributed by atoms with Crippen LogP contribution in [-0.4, -0.2) is 29.3 Å². The molecule has 2 rings (SSSR count). The van der Waals surface area contributed by atoms with E-state index in [4.69, 9.17) is 9.52 Å². The van der Waals surface area contributed by atoms with E-state index in [-0.39, 0.29) is 23.0 Å². The van der Waals surface area contributed by atoms with Crippen molar-refractivity contribution < 1.29 is 22.7 Å². The third kappa shape index (κ3) is 2.98. The van der Waals surface area contributed by atoms with Gasteiger partial charge in [-0.3, -0.25) is 4.68 Å². The van der Waals surface area contributed by atoms with Crippen molar-refractivity contribution in [2.75, 3.05) is 0 Å². The number of hydrogen-bond acceptors (Lipinski definition) is 5. The lowest BCUT2D eigenvalue weighted by Gasteiger charge is -2.05. The molecule has 2 heterocycles. The van der Waals surface area contributed by atoms with Crippen LogP contribution in [0.25, 0.3) is 0 Å². The predicted octanol–water partition coefficient (Wildman–Crippen LogP) is 0.807. The third-order valence-corrected chi connectivity index (χ3v) is 4.67. The molecule has 0 aromatic carbocycles. The van der Waals surface area contributed by atoms with Gasteiger partial charge in [0, 0.05) is 7.05 Å². The quantitative estimate of drug-likeness (QED) is 0.844. The van der Waals surface area contributed by atoms with E-state index < -0.39 is 16.0 Å². The number of furan rings is 1. The number of nitrogens with zero attached hydrogens (tertiary/aromatic N) is 2. The van der Waals surface area contributed by atoms with Gasteiger partial charge in [-0.1, -0.05) is 0 Å². The van der Waals surface area contributed by atoms with Gasteiger partial charge in [-0.15, -0.1) is 0 Å². The molecule has 2 aromatic heterocycles. The summed E-state index contributed by atoms with van der Waals surface area (Å²) >= 11 is 0. The highest BCUT2D eigenvalue weighted by atomic mass is 32.2. The molecule has 2 aromatic rings. The molecule has 0 fully saturated rings. The Labute approximate surface area is 121 Å². The van der Waals surface area contributed by atoms with E-state index in [0.717, 1.165) is 0 Å². The van der Waals surface area contributed by atoms with E-state index in [0.29, 0.717) is 11.4 Å². The summed E-state index contributed by atoms with van der Waals surface area (Å²) in [4.78, 5) is 10.8. The first-order valence-corrected chi connectivity index (χ1v) is 7.52. The molecule has 0 aliphatic rings. The van der Waals surface area contributed by atoms with Gasteiger partial charge in [0.2, 0.25) is 15.8 Å². The van der Waals surface area contributed by atoms with Crippen LogP contribution in [0.2, 0.25) is 0 Å². The average molecular weight is 313 g/mol. The topological polar surface area (TPSA) is 114 Å². The molecular formula is C12H15N3O5S. The molecule has 9 heteroatoms. The Morgan fingerprint density at radius 3 is 2.57 bits per heavy atom. The number of nitrogens with one attached hydrogen (secondary N) is 1. The van der Waals surface area contributed by atoms with E-state index in [1.54, 1.807) is 20.9 Å². The zero-order valence-electron chi connectivity index (χ0n) is 11.7. The lowest BCUT2D eigenvalue weighted by Crippen LogP contribution is -2.24. The monoisotopic (exact) mass is 313 g/mol. The fourth-order valence-electron chi connectivity index (χ4n) is 1.97. The SMILES string of the molecule is Cc1nn(C)c(C)c1S(=O)(=O)NCc1ccc(C(=O)O)o1. The maximum atomic E-state index is 12.3. The molecule has 0 aliphatic carbocycles. The van der Waals surface area contributed by atoms with Crippen LogP contribution in [-0.2, 0) is 23.6 Å². The minimum atomic E-state index is -3.75. The van der Waals surface area contributed by atoms with Gasteiger partial charge in [-0.25, -0.2) is 17.9 Å². The van der Waals surface area contributed by atoms with Crippen molar-refractivity contribution in [2.45, 2.75) is 25.3 Å². The fourth-order valence-corrected chi connectivity index (χ4v) is 3.40. The molecule has 0 bridgehead atoms. The average Bonchev–Trinajstić information content (AvgIpc) is 2.93. The Hall–Kier alpha value is -2.13. The summed E-state index contributed by atoms with van der Waals surface area (Å²) in [5.41, 5.74) is 0.916. The molecule has 0 atom stereocenters. The first-order chi connectivity index (χ1) is 9.72. The molecule has 0 radical (unpaired) electrons. The van der Waals surface area contributed by atoms with Gasteiger partial charge in [-0.05, 0) is 26.0 Å². The number of sulfonamides is 1. The molecule has 0 spiro atoms. The maximum Gasteiger partial charge on any atom is 0.371 e. The molecule has 0 saturated heterocycles. The third-order valence-electron chi connectivity index (χ3n) is 3.02. The first kappa shape index (κ1) is 15.3. The molecule has 0 saturated carbocycles. The molecule has 8 nitrogen and oxygen atoms in total. The second-order valence-corrected chi connectivity index (χ2v) is 6.22. The van der Waals surface area contributed by atoms with Crippen molar-refractivity contribution in [1.82, 2.24) is 14.5 Å². The van der Waals surface area contributed by atoms with Crippen LogP contribution in [0.3, 0.4) is 0 Å². The standard InChI is InChI=1S/C12H15N3O5S/c1-7-11(8(2)15(3)14-7)21(18,19)13-6-9-4-5-10(20-9)12(16)17/h4-5,13H,6H2,1-3H3,(H,16,17). The lowest BCUT2D eigenvalue weighted by molar-refractivity contribution is 0.0660. The maximum absolute atomic E-state index is 12.3. The number of carbonyl (C=O) groups is 1. The van der Waals surface area contributed by atoms with Crippen molar-refractivity contribution in [3.63, 3.8) is 0 Å². The molecule has 21 heavy (non-hydrogen) atoms. The van der Waals surface area contributed by atoms with Gasteiger partial charge in [0.05, 0.1) is 17.9 Å². The Kier molecular flexibility index (Phi) is 3.88. The molecule has 114 valence electrons. The second-order valence-electron chi connectivity index (χ2n) is 4.52. The number of rotatable bonds is 5. The molecular weight excluding hydrogens is 298 g/mol. The van der Waals surface area contributed by atoms with Gasteiger partial charge in [0.25, 0.3) is 0 Å². The summed E-state index contributed by atoms with van der Waals surface area (Å²) < 4.78 is 33.4. The van der Waals surface area contributed by atoms with Gasteiger partial charge in [0.15, 0.2) is 0 Å². The molecule has 0 aliphatic heterocycles. The highest BCUT2D eigenvalue weighted by Crippen LogP contribution is 2.19. The zero-order chi connectivity index (χ0) is 15.8. The second kappa shape index (κ2) is 5.34. The largest absolute Gasteiger partial charge is 0.475 e. The smallest absolute Gasteiger partial charge is 0.371 e. The molecule has 0 amide bonds. The van der Waals surface area contributed by atoms with Crippen LogP contribution in [0.1, 0.15) is 27.7 Å². The Morgan fingerprint density at radius 2 is 2.10 bits per heavy atom. The Morgan fingerprint density at radius 1 is 1.43 bits per heavy atom. The predicted molar refractivity (Wildman–Crippen MR) is 72.4 cm³/mol. The van der Waals surface area contributed by atoms with E-state index >= 15 is 0 Å². The van der Waals surface area contributed by atoms with Crippen molar-refractivity contribution >= 4 is 16.0 Å². The number of aryl methyl sites for hydroxylation is 2. The number of carboxylic acid groups (broad SMARTS) is 1. The Balaban J connectivity index is 2.19. The minimum Gasteiger partial charge on any atom is -0.475 e. The van der Waals surface area contributed by atoms with Gasteiger partial charge in [-0.2, -0.15) is 5.10 Å². The van der Waals surface area contributed by atoms with Crippen molar-refractivity contribution in [3.8, 4) is 0 Å². The number of carboxylic acids is 1. The van der Waals surface area contributed by atoms with E-state index in [1.807, 2.05) is 0 Å². The van der Waals surface area contributed by atoms with Crippen LogP contribution < -0.4 is 4.72 Å². The molecule has 2 N–H and O–H groups in total. The van der Waals surface area contributed by atoms with Crippen LogP contribution >= 0.6 is 0 Å². The van der Waals surface area contributed by atoms with Gasteiger partial charge >= 0.3 is 5.97 Å². The summed E-state index contributed by atoms with van der Waals surface area (Å²) in [7, 11) is -2.09. The number of aromatic carboxylic acids is 1. The first-order valence-electron chi connectivity index (χ1n) is 6.04. The van der Waals surface area contributed by atoms with E-state index in [9.17, 15) is 13.2 Å². The fraction of sp³-hybridized carbons (Fsp3) is 0.333. The van der Waals surface area contributed by atoms with Crippen LogP contribution in [0.15, 0.2) is 21.4 Å². The number of aromatic nitrogens is 2. The summed E-state index contributed by atoms with van der Waals surface area (Å²) in [5, 5.41) is 12.8. The highest BCUT2D eigenvalue weighted by Gasteiger charge is 2.24. The summed E-state index contributed by atoms with van der Waals surface area (Å²) in [6.07, 6.45) is 0. The summed E-state index contributed by atoms with van der Waals surface area (Å²) in [5.74, 6) is -1.23. The van der Waals surface area contributed by atoms with E-state index in [1.165, 1.54) is 16.8 Å². The zero-order valence-corrected chi connectivity index (χ0v) is 12.6. The Bertz CT molecular complexity index is 788. The van der Waals surface area contributed by atoms with E-state index in [2.05, 4.69) is 9.82 Å². The van der Waals surface area contributed by atoms with Gasteiger partial charge < -0.3 is 9.52 Å². The van der Waals surface area contributed by atoms with Crippen LogP contribution in [0.4, 0.5) is 0 Å². The van der Waals surface area contributed by atoms with Crippen LogP contribution in [0.5, 0.6) is 0 Å². The van der Waals surface area contributed by atoms with Crippen molar-refractivity contribution in [1.29, 1.82) is 0 Å². The van der Waals surface area contributed by atoms with Gasteiger partial charge in [0.1, 0.15) is 10.7 Å².